The molecule has 0 radical (unpaired) electrons. The van der Waals surface area contributed by atoms with Gasteiger partial charge in [-0.2, -0.15) is 0 Å². The fraction of sp³-hybridized carbons (Fsp3) is 0.579. The Kier molecular flexibility index (Phi) is 5.38. The van der Waals surface area contributed by atoms with Gasteiger partial charge in [0.25, 0.3) is 5.91 Å². The first-order chi connectivity index (χ1) is 11.7. The number of aliphatic imine (C=N–C) groups is 1. The van der Waals surface area contributed by atoms with Crippen LogP contribution in [0.1, 0.15) is 42.5 Å². The maximum absolute atomic E-state index is 12.0. The first-order valence-corrected chi connectivity index (χ1v) is 9.01. The van der Waals surface area contributed by atoms with Gasteiger partial charge in [-0.3, -0.25) is 9.79 Å². The SMILES string of the molecule is CN=C(NCCNC(=O)c1ccccc1)N1CCC2(CCCC2)C1. The number of hydrogen-bond acceptors (Lipinski definition) is 2. The van der Waals surface area contributed by atoms with Crippen LogP contribution in [0.25, 0.3) is 0 Å². The van der Waals surface area contributed by atoms with E-state index < -0.39 is 0 Å². The lowest BCUT2D eigenvalue weighted by molar-refractivity contribution is 0.0954. The first kappa shape index (κ1) is 16.8. The number of guanidine groups is 1. The van der Waals surface area contributed by atoms with E-state index in [9.17, 15) is 4.79 Å². The Morgan fingerprint density at radius 3 is 2.54 bits per heavy atom. The third kappa shape index (κ3) is 3.89. The van der Waals surface area contributed by atoms with Gasteiger partial charge in [0.05, 0.1) is 0 Å². The van der Waals surface area contributed by atoms with E-state index in [1.807, 2.05) is 37.4 Å². The Labute approximate surface area is 144 Å². The van der Waals surface area contributed by atoms with Crippen LogP contribution in [0.2, 0.25) is 0 Å². The minimum Gasteiger partial charge on any atom is -0.354 e. The summed E-state index contributed by atoms with van der Waals surface area (Å²) in [6.45, 7) is 3.50. The van der Waals surface area contributed by atoms with Crippen LogP contribution >= 0.6 is 0 Å². The van der Waals surface area contributed by atoms with Crippen LogP contribution in [-0.2, 0) is 0 Å². The summed E-state index contributed by atoms with van der Waals surface area (Å²) < 4.78 is 0. The highest BCUT2D eigenvalue weighted by Crippen LogP contribution is 2.45. The lowest BCUT2D eigenvalue weighted by Gasteiger charge is -2.26. The van der Waals surface area contributed by atoms with Crippen molar-refractivity contribution in [2.45, 2.75) is 32.1 Å². The van der Waals surface area contributed by atoms with Crippen molar-refractivity contribution >= 4 is 11.9 Å². The van der Waals surface area contributed by atoms with Crippen molar-refractivity contribution in [3.63, 3.8) is 0 Å². The van der Waals surface area contributed by atoms with Crippen molar-refractivity contribution < 1.29 is 4.79 Å². The van der Waals surface area contributed by atoms with E-state index >= 15 is 0 Å². The molecule has 5 nitrogen and oxygen atoms in total. The molecule has 0 unspecified atom stereocenters. The number of hydrogen-bond donors (Lipinski definition) is 2. The average Bonchev–Trinajstić information content (AvgIpc) is 3.26. The summed E-state index contributed by atoms with van der Waals surface area (Å²) in [5, 5.41) is 6.33. The number of nitrogens with one attached hydrogen (secondary N) is 2. The Morgan fingerprint density at radius 2 is 1.83 bits per heavy atom. The largest absolute Gasteiger partial charge is 0.354 e. The molecule has 1 heterocycles. The fourth-order valence-electron chi connectivity index (χ4n) is 4.02. The summed E-state index contributed by atoms with van der Waals surface area (Å²) in [4.78, 5) is 18.8. The molecule has 1 aliphatic carbocycles. The van der Waals surface area contributed by atoms with Gasteiger partial charge in [-0.15, -0.1) is 0 Å². The van der Waals surface area contributed by atoms with Gasteiger partial charge in [0.1, 0.15) is 0 Å². The summed E-state index contributed by atoms with van der Waals surface area (Å²) in [6, 6.07) is 9.32. The van der Waals surface area contributed by atoms with Crippen molar-refractivity contribution in [1.29, 1.82) is 0 Å². The maximum atomic E-state index is 12.0. The third-order valence-corrected chi connectivity index (χ3v) is 5.34. The van der Waals surface area contributed by atoms with Crippen LogP contribution < -0.4 is 10.6 Å². The van der Waals surface area contributed by atoms with E-state index in [4.69, 9.17) is 0 Å². The van der Waals surface area contributed by atoms with Gasteiger partial charge in [0.2, 0.25) is 0 Å². The van der Waals surface area contributed by atoms with Gasteiger partial charge >= 0.3 is 0 Å². The maximum Gasteiger partial charge on any atom is 0.251 e. The molecule has 24 heavy (non-hydrogen) atoms. The van der Waals surface area contributed by atoms with Crippen molar-refractivity contribution in [2.75, 3.05) is 33.2 Å². The molecule has 0 bridgehead atoms. The zero-order valence-corrected chi connectivity index (χ0v) is 14.6. The Hall–Kier alpha value is -2.04. The van der Waals surface area contributed by atoms with Gasteiger partial charge in [-0.05, 0) is 36.8 Å². The number of carbonyl (C=O) groups is 1. The van der Waals surface area contributed by atoms with Crippen LogP contribution in [0.5, 0.6) is 0 Å². The molecular weight excluding hydrogens is 300 g/mol. The van der Waals surface area contributed by atoms with Crippen LogP contribution in [0.15, 0.2) is 35.3 Å². The summed E-state index contributed by atoms with van der Waals surface area (Å²) in [6.07, 6.45) is 6.79. The molecule has 1 spiro atoms. The minimum atomic E-state index is -0.0292. The van der Waals surface area contributed by atoms with Crippen molar-refractivity contribution in [2.24, 2.45) is 10.4 Å². The molecule has 1 amide bonds. The molecule has 1 saturated carbocycles. The zero-order chi connectivity index (χ0) is 16.8. The molecule has 1 aromatic carbocycles. The topological polar surface area (TPSA) is 56.7 Å². The van der Waals surface area contributed by atoms with E-state index in [-0.39, 0.29) is 5.91 Å². The van der Waals surface area contributed by atoms with Crippen LogP contribution in [-0.4, -0.2) is 50.0 Å². The Bertz CT molecular complexity index is 578. The normalized spacial score (nSPS) is 19.7. The average molecular weight is 328 g/mol. The Balaban J connectivity index is 1.41. The van der Waals surface area contributed by atoms with Crippen LogP contribution in [0.3, 0.4) is 0 Å². The molecular formula is C19H28N4O. The van der Waals surface area contributed by atoms with Crippen LogP contribution in [0.4, 0.5) is 0 Å². The number of likely N-dealkylation sites (tertiary alicyclic amines) is 1. The van der Waals surface area contributed by atoms with E-state index in [0.29, 0.717) is 24.1 Å². The number of benzene rings is 1. The van der Waals surface area contributed by atoms with E-state index in [1.54, 1.807) is 0 Å². The molecule has 1 aliphatic heterocycles. The standard InChI is InChI=1S/C19H28N4O/c1-20-18(23-14-11-19(15-23)9-5-6-10-19)22-13-12-21-17(24)16-7-3-2-4-8-16/h2-4,7-8H,5-6,9-15H2,1H3,(H,20,22)(H,21,24). The predicted molar refractivity (Wildman–Crippen MR) is 97.2 cm³/mol. The minimum absolute atomic E-state index is 0.0292. The van der Waals surface area contributed by atoms with Crippen molar-refractivity contribution in [1.82, 2.24) is 15.5 Å². The number of rotatable bonds is 4. The molecule has 130 valence electrons. The molecule has 5 heteroatoms. The lowest BCUT2D eigenvalue weighted by atomic mass is 9.86. The van der Waals surface area contributed by atoms with E-state index in [2.05, 4.69) is 20.5 Å². The quantitative estimate of drug-likeness (QED) is 0.506. The molecule has 2 fully saturated rings. The number of amides is 1. The summed E-state index contributed by atoms with van der Waals surface area (Å²) >= 11 is 0. The first-order valence-electron chi connectivity index (χ1n) is 9.01. The van der Waals surface area contributed by atoms with Gasteiger partial charge in [0, 0.05) is 38.8 Å². The number of nitrogens with zero attached hydrogens (tertiary/aromatic N) is 2. The van der Waals surface area contributed by atoms with Crippen LogP contribution in [0, 0.1) is 5.41 Å². The summed E-state index contributed by atoms with van der Waals surface area (Å²) in [5.74, 6) is 0.936. The second kappa shape index (κ2) is 7.69. The lowest BCUT2D eigenvalue weighted by Crippen LogP contribution is -2.43. The fourth-order valence-corrected chi connectivity index (χ4v) is 4.02. The molecule has 1 saturated heterocycles. The van der Waals surface area contributed by atoms with Gasteiger partial charge in [-0.1, -0.05) is 31.0 Å². The molecule has 2 N–H and O–H groups in total. The van der Waals surface area contributed by atoms with E-state index in [0.717, 1.165) is 19.0 Å². The highest BCUT2D eigenvalue weighted by atomic mass is 16.1. The third-order valence-electron chi connectivity index (χ3n) is 5.34. The second-order valence-electron chi connectivity index (χ2n) is 6.97. The highest BCUT2D eigenvalue weighted by molar-refractivity contribution is 5.94. The van der Waals surface area contributed by atoms with Gasteiger partial charge in [-0.25, -0.2) is 0 Å². The van der Waals surface area contributed by atoms with Gasteiger partial charge < -0.3 is 15.5 Å². The summed E-state index contributed by atoms with van der Waals surface area (Å²) in [5.41, 5.74) is 1.24. The predicted octanol–water partition coefficient (Wildman–Crippen LogP) is 2.26. The zero-order valence-electron chi connectivity index (χ0n) is 14.6. The monoisotopic (exact) mass is 328 g/mol. The van der Waals surface area contributed by atoms with Crippen molar-refractivity contribution in [3.05, 3.63) is 35.9 Å². The molecule has 1 aromatic rings. The molecule has 2 aliphatic rings. The smallest absolute Gasteiger partial charge is 0.251 e. The van der Waals surface area contributed by atoms with Gasteiger partial charge in [0.15, 0.2) is 5.96 Å². The highest BCUT2D eigenvalue weighted by Gasteiger charge is 2.40. The molecule has 3 rings (SSSR count). The second-order valence-corrected chi connectivity index (χ2v) is 6.97. The van der Waals surface area contributed by atoms with Crippen molar-refractivity contribution in [3.8, 4) is 0 Å². The Morgan fingerprint density at radius 1 is 1.12 bits per heavy atom. The number of carbonyl (C=O) groups excluding carboxylic acids is 1. The summed E-state index contributed by atoms with van der Waals surface area (Å²) in [7, 11) is 1.84. The van der Waals surface area contributed by atoms with E-state index in [1.165, 1.54) is 32.1 Å². The molecule has 0 aromatic heterocycles. The molecule has 0 atom stereocenters.